The number of hydrogen-bond acceptors (Lipinski definition) is 7. The molecule has 3 aromatic rings. The topological polar surface area (TPSA) is 85.5 Å². The van der Waals surface area contributed by atoms with E-state index in [1.165, 1.54) is 29.0 Å². The van der Waals surface area contributed by atoms with Crippen LogP contribution in [-0.4, -0.2) is 51.3 Å². The number of anilines is 2. The zero-order valence-corrected chi connectivity index (χ0v) is 22.7. The van der Waals surface area contributed by atoms with E-state index in [4.69, 9.17) is 9.72 Å². The maximum atomic E-state index is 13.5. The van der Waals surface area contributed by atoms with Gasteiger partial charge in [0.25, 0.3) is 5.56 Å². The molecule has 0 atom stereocenters. The van der Waals surface area contributed by atoms with E-state index in [-0.39, 0.29) is 36.0 Å². The standard InChI is InChI=1S/C29H35FN6O3/c1-20(2)27(38)39-19-36-26(37)12-15-31-28(36)33(3)23-13-16-34(17-14-23)29-32-24-6-4-5-7-25(24)35(29)18-21-8-10-22(30)11-9-21/h6-12,15,20,23H,4-5,13-14,16-19H2,1-3H3. The Balaban J connectivity index is 1.33. The number of benzene rings is 1. The lowest BCUT2D eigenvalue weighted by Gasteiger charge is -2.38. The van der Waals surface area contributed by atoms with Crippen molar-refractivity contribution in [2.24, 2.45) is 5.92 Å². The van der Waals surface area contributed by atoms with Crippen LogP contribution in [0.3, 0.4) is 0 Å². The van der Waals surface area contributed by atoms with Crippen LogP contribution in [-0.2, 0) is 22.8 Å². The van der Waals surface area contributed by atoms with Crippen LogP contribution >= 0.6 is 0 Å². The molecule has 1 saturated heterocycles. The Morgan fingerprint density at radius 3 is 2.54 bits per heavy atom. The molecule has 10 heteroatoms. The first-order valence-electron chi connectivity index (χ1n) is 13.5. The molecule has 206 valence electrons. The number of rotatable bonds is 8. The molecule has 0 bridgehead atoms. The van der Waals surface area contributed by atoms with Crippen molar-refractivity contribution in [3.63, 3.8) is 0 Å². The number of aromatic nitrogens is 4. The first kappa shape index (κ1) is 26.6. The van der Waals surface area contributed by atoms with E-state index in [1.807, 2.05) is 24.1 Å². The highest BCUT2D eigenvalue weighted by Gasteiger charge is 2.28. The Morgan fingerprint density at radius 1 is 1.10 bits per heavy atom. The fourth-order valence-corrected chi connectivity index (χ4v) is 5.19. The third kappa shape index (κ3) is 5.74. The maximum absolute atomic E-state index is 13.5. The number of halogens is 1. The van der Waals surface area contributed by atoms with Crippen LogP contribution in [0.15, 0.2) is 41.3 Å². The zero-order chi connectivity index (χ0) is 27.5. The highest BCUT2D eigenvalue weighted by atomic mass is 19.1. The lowest BCUT2D eigenvalue weighted by Crippen LogP contribution is -2.46. The second-order valence-electron chi connectivity index (χ2n) is 10.5. The summed E-state index contributed by atoms with van der Waals surface area (Å²) in [5, 5.41) is 2.12. The Bertz CT molecular complexity index is 1500. The number of nitrogens with zero attached hydrogens (tertiary/aromatic N) is 6. The minimum Gasteiger partial charge on any atom is -0.443 e. The monoisotopic (exact) mass is 534 g/mol. The molecule has 0 N–H and O–H groups in total. The lowest BCUT2D eigenvalue weighted by molar-refractivity contribution is -0.151. The molecule has 5 rings (SSSR count). The average Bonchev–Trinajstić information content (AvgIpc) is 3.31. The van der Waals surface area contributed by atoms with Gasteiger partial charge in [0.2, 0.25) is 11.9 Å². The number of piperidine rings is 1. The molecule has 1 aliphatic carbocycles. The average molecular weight is 535 g/mol. The third-order valence-electron chi connectivity index (χ3n) is 7.44. The number of carbonyl (C=O) groups is 1. The van der Waals surface area contributed by atoms with E-state index >= 15 is 0 Å². The SMILES string of the molecule is CC(C)C(=O)OCn1c(N(C)C2CCN(c3nc4c(n3Cc3ccc(F)cc3)=CCCC=4)CC2)nccc1=O. The summed E-state index contributed by atoms with van der Waals surface area (Å²) in [5.41, 5.74) is 0.763. The van der Waals surface area contributed by atoms with Gasteiger partial charge in [0.05, 0.1) is 23.2 Å². The van der Waals surface area contributed by atoms with E-state index in [0.29, 0.717) is 12.5 Å². The van der Waals surface area contributed by atoms with Gasteiger partial charge in [-0.05, 0) is 43.4 Å². The van der Waals surface area contributed by atoms with Crippen molar-refractivity contribution >= 4 is 30.0 Å². The van der Waals surface area contributed by atoms with Crippen molar-refractivity contribution in [1.82, 2.24) is 19.1 Å². The van der Waals surface area contributed by atoms with Gasteiger partial charge in [-0.25, -0.2) is 18.9 Å². The number of imidazole rings is 1. The summed E-state index contributed by atoms with van der Waals surface area (Å²) in [7, 11) is 1.93. The molecule has 9 nitrogen and oxygen atoms in total. The van der Waals surface area contributed by atoms with E-state index in [1.54, 1.807) is 13.8 Å². The van der Waals surface area contributed by atoms with E-state index < -0.39 is 0 Å². The Kier molecular flexibility index (Phi) is 7.81. The molecular formula is C29H35FN6O3. The summed E-state index contributed by atoms with van der Waals surface area (Å²) in [6.07, 6.45) is 9.56. The highest BCUT2D eigenvalue weighted by molar-refractivity contribution is 5.71. The Hall–Kier alpha value is -3.95. The molecule has 2 aromatic heterocycles. The molecule has 2 aliphatic rings. The number of carbonyl (C=O) groups excluding carboxylic acids is 1. The summed E-state index contributed by atoms with van der Waals surface area (Å²) < 4.78 is 22.5. The van der Waals surface area contributed by atoms with E-state index in [2.05, 4.69) is 26.6 Å². The second-order valence-corrected chi connectivity index (χ2v) is 10.5. The second kappa shape index (κ2) is 11.4. The molecule has 1 aliphatic heterocycles. The van der Waals surface area contributed by atoms with Crippen molar-refractivity contribution in [2.75, 3.05) is 29.9 Å². The summed E-state index contributed by atoms with van der Waals surface area (Å²) in [5.74, 6) is 0.527. The van der Waals surface area contributed by atoms with Crippen LogP contribution in [0.4, 0.5) is 16.3 Å². The third-order valence-corrected chi connectivity index (χ3v) is 7.44. The molecule has 0 amide bonds. The molecule has 1 fully saturated rings. The van der Waals surface area contributed by atoms with Crippen molar-refractivity contribution in [3.05, 3.63) is 69.0 Å². The van der Waals surface area contributed by atoms with Crippen molar-refractivity contribution in [3.8, 4) is 0 Å². The van der Waals surface area contributed by atoms with Gasteiger partial charge in [0, 0.05) is 38.4 Å². The van der Waals surface area contributed by atoms with Gasteiger partial charge >= 0.3 is 5.97 Å². The van der Waals surface area contributed by atoms with E-state index in [9.17, 15) is 14.0 Å². The van der Waals surface area contributed by atoms with Crippen molar-refractivity contribution in [1.29, 1.82) is 0 Å². The smallest absolute Gasteiger partial charge is 0.310 e. The number of hydrogen-bond donors (Lipinski definition) is 0. The summed E-state index contributed by atoms with van der Waals surface area (Å²) in [6, 6.07) is 8.16. The fraction of sp³-hybridized carbons (Fsp3) is 0.448. The first-order valence-corrected chi connectivity index (χ1v) is 13.5. The number of fused-ring (bicyclic) bond motifs is 1. The van der Waals surface area contributed by atoms with Crippen molar-refractivity contribution < 1.29 is 13.9 Å². The van der Waals surface area contributed by atoms with Gasteiger partial charge in [-0.15, -0.1) is 0 Å². The molecule has 0 saturated carbocycles. The predicted molar refractivity (Wildman–Crippen MR) is 148 cm³/mol. The lowest BCUT2D eigenvalue weighted by atomic mass is 10.0. The predicted octanol–water partition coefficient (Wildman–Crippen LogP) is 2.24. The number of esters is 1. The normalized spacial score (nSPS) is 15.5. The van der Waals surface area contributed by atoms with Crippen LogP contribution < -0.4 is 26.1 Å². The zero-order valence-electron chi connectivity index (χ0n) is 22.7. The fourth-order valence-electron chi connectivity index (χ4n) is 5.19. The van der Waals surface area contributed by atoms with E-state index in [0.717, 1.165) is 61.0 Å². The van der Waals surface area contributed by atoms with Gasteiger partial charge in [0.1, 0.15) is 5.82 Å². The van der Waals surface area contributed by atoms with Gasteiger partial charge in [-0.1, -0.05) is 38.1 Å². The quantitative estimate of drug-likeness (QED) is 0.410. The first-order chi connectivity index (χ1) is 18.8. The molecule has 39 heavy (non-hydrogen) atoms. The Labute approximate surface area is 226 Å². The minimum atomic E-state index is -0.360. The summed E-state index contributed by atoms with van der Waals surface area (Å²) >= 11 is 0. The van der Waals surface area contributed by atoms with Gasteiger partial charge in [-0.2, -0.15) is 0 Å². The highest BCUT2D eigenvalue weighted by Crippen LogP contribution is 2.23. The van der Waals surface area contributed by atoms with Crippen LogP contribution in [0.1, 0.15) is 45.1 Å². The molecular weight excluding hydrogens is 499 g/mol. The van der Waals surface area contributed by atoms with Crippen LogP contribution in [0.25, 0.3) is 12.2 Å². The van der Waals surface area contributed by atoms with Crippen molar-refractivity contribution in [2.45, 2.75) is 58.8 Å². The van der Waals surface area contributed by atoms with Gasteiger partial charge < -0.3 is 19.1 Å². The van der Waals surface area contributed by atoms with Crippen LogP contribution in [0.2, 0.25) is 0 Å². The molecule has 0 unspecified atom stereocenters. The summed E-state index contributed by atoms with van der Waals surface area (Å²) in [4.78, 5) is 38.4. The Morgan fingerprint density at radius 2 is 1.82 bits per heavy atom. The minimum absolute atomic E-state index is 0.149. The van der Waals surface area contributed by atoms with Gasteiger partial charge in [0.15, 0.2) is 6.73 Å². The number of ether oxygens (including phenoxy) is 1. The van der Waals surface area contributed by atoms with Gasteiger partial charge in [-0.3, -0.25) is 9.59 Å². The molecule has 0 radical (unpaired) electrons. The van der Waals surface area contributed by atoms with Crippen LogP contribution in [0.5, 0.6) is 0 Å². The maximum Gasteiger partial charge on any atom is 0.310 e. The summed E-state index contributed by atoms with van der Waals surface area (Å²) in [6.45, 7) is 5.54. The molecule has 3 heterocycles. The largest absolute Gasteiger partial charge is 0.443 e. The van der Waals surface area contributed by atoms with Crippen LogP contribution in [0, 0.1) is 11.7 Å². The molecule has 0 spiro atoms. The molecule has 1 aromatic carbocycles.